The second-order valence-electron chi connectivity index (χ2n) is 5.45. The van der Waals surface area contributed by atoms with Crippen LogP contribution in [-0.4, -0.2) is 53.6 Å². The van der Waals surface area contributed by atoms with Crippen molar-refractivity contribution in [2.75, 3.05) is 6.61 Å². The Labute approximate surface area is 153 Å². The molecule has 0 fully saturated rings. The number of hydrogen-bond acceptors (Lipinski definition) is 8. The quantitative estimate of drug-likeness (QED) is 0.276. The lowest BCUT2D eigenvalue weighted by Crippen LogP contribution is -2.12. The van der Waals surface area contributed by atoms with Crippen molar-refractivity contribution >= 4 is 17.5 Å². The van der Waals surface area contributed by atoms with E-state index in [4.69, 9.17) is 4.74 Å². The van der Waals surface area contributed by atoms with Gasteiger partial charge in [0.15, 0.2) is 11.5 Å². The molecule has 0 aromatic carbocycles. The van der Waals surface area contributed by atoms with Crippen LogP contribution in [0.1, 0.15) is 39.2 Å². The smallest absolute Gasteiger partial charge is 0.354 e. The van der Waals surface area contributed by atoms with Gasteiger partial charge in [-0.25, -0.2) is 4.79 Å². The SMILES string of the molecule is CCOC(=O)c1cc(C(=O)C=C(O)c2nn[nH]n2)cn1Cc1ccncc1. The zero-order valence-corrected chi connectivity index (χ0v) is 14.4. The summed E-state index contributed by atoms with van der Waals surface area (Å²) in [6.07, 6.45) is 5.77. The Hall–Kier alpha value is -3.82. The summed E-state index contributed by atoms with van der Waals surface area (Å²) in [7, 11) is 0. The number of aromatic amines is 1. The molecule has 0 saturated heterocycles. The number of aliphatic hydroxyl groups excluding tert-OH is 1. The molecule has 0 aliphatic carbocycles. The number of ether oxygens (including phenoxy) is 1. The molecule has 3 aromatic rings. The molecule has 0 bridgehead atoms. The topological polar surface area (TPSA) is 136 Å². The van der Waals surface area contributed by atoms with Crippen LogP contribution < -0.4 is 0 Å². The number of aromatic nitrogens is 6. The van der Waals surface area contributed by atoms with E-state index in [0.717, 1.165) is 11.6 Å². The maximum absolute atomic E-state index is 12.5. The lowest BCUT2D eigenvalue weighted by atomic mass is 10.2. The molecule has 3 rings (SSSR count). The summed E-state index contributed by atoms with van der Waals surface area (Å²) in [5, 5.41) is 22.6. The highest BCUT2D eigenvalue weighted by Gasteiger charge is 2.19. The van der Waals surface area contributed by atoms with E-state index in [-0.39, 0.29) is 23.7 Å². The summed E-state index contributed by atoms with van der Waals surface area (Å²) in [6.45, 7) is 2.26. The van der Waals surface area contributed by atoms with Crippen LogP contribution in [0.5, 0.6) is 0 Å². The maximum atomic E-state index is 12.5. The number of tetrazole rings is 1. The van der Waals surface area contributed by atoms with Gasteiger partial charge in [-0.3, -0.25) is 9.78 Å². The standard InChI is InChI=1S/C17H16N6O4/c1-2-27-17(26)13-7-12(10-23(13)9-11-3-5-18-6-4-11)14(24)8-15(25)16-19-21-22-20-16/h3-8,10,25H,2,9H2,1H3,(H,19,20,21,22). The van der Waals surface area contributed by atoms with Crippen molar-refractivity contribution in [1.29, 1.82) is 0 Å². The highest BCUT2D eigenvalue weighted by molar-refractivity contribution is 6.08. The second-order valence-corrected chi connectivity index (χ2v) is 5.45. The number of carbonyl (C=O) groups excluding carboxylic acids is 2. The molecule has 10 heteroatoms. The van der Waals surface area contributed by atoms with Crippen molar-refractivity contribution in [1.82, 2.24) is 30.2 Å². The summed E-state index contributed by atoms with van der Waals surface area (Å²) in [5.74, 6) is -1.60. The first-order valence-electron chi connectivity index (χ1n) is 8.03. The van der Waals surface area contributed by atoms with Gasteiger partial charge in [-0.2, -0.15) is 5.21 Å². The van der Waals surface area contributed by atoms with Crippen LogP contribution in [0.2, 0.25) is 0 Å². The summed E-state index contributed by atoms with van der Waals surface area (Å²) in [4.78, 5) is 28.6. The van der Waals surface area contributed by atoms with E-state index in [2.05, 4.69) is 25.6 Å². The number of ketones is 1. The summed E-state index contributed by atoms with van der Waals surface area (Å²) >= 11 is 0. The van der Waals surface area contributed by atoms with Crippen LogP contribution in [-0.2, 0) is 11.3 Å². The monoisotopic (exact) mass is 368 g/mol. The minimum absolute atomic E-state index is 0.106. The van der Waals surface area contributed by atoms with Gasteiger partial charge in [0.1, 0.15) is 5.69 Å². The first-order valence-corrected chi connectivity index (χ1v) is 8.03. The minimum Gasteiger partial charge on any atom is -0.504 e. The van der Waals surface area contributed by atoms with Gasteiger partial charge in [-0.15, -0.1) is 10.2 Å². The number of esters is 1. The van der Waals surface area contributed by atoms with E-state index in [0.29, 0.717) is 6.54 Å². The first-order chi connectivity index (χ1) is 13.1. The van der Waals surface area contributed by atoms with Gasteiger partial charge < -0.3 is 14.4 Å². The van der Waals surface area contributed by atoms with Gasteiger partial charge in [0.05, 0.1) is 6.61 Å². The van der Waals surface area contributed by atoms with E-state index >= 15 is 0 Å². The second kappa shape index (κ2) is 8.04. The number of nitrogens with zero attached hydrogens (tertiary/aromatic N) is 5. The van der Waals surface area contributed by atoms with Crippen molar-refractivity contribution < 1.29 is 19.4 Å². The Morgan fingerprint density at radius 3 is 2.78 bits per heavy atom. The van der Waals surface area contributed by atoms with Crippen molar-refractivity contribution in [2.45, 2.75) is 13.5 Å². The molecule has 3 heterocycles. The lowest BCUT2D eigenvalue weighted by Gasteiger charge is -2.08. The fraction of sp³-hybridized carbons (Fsp3) is 0.176. The molecule has 0 amide bonds. The van der Waals surface area contributed by atoms with E-state index in [1.807, 2.05) is 0 Å². The average molecular weight is 368 g/mol. The molecule has 3 aromatic heterocycles. The molecule has 0 saturated carbocycles. The number of rotatable bonds is 7. The Morgan fingerprint density at radius 2 is 2.11 bits per heavy atom. The fourth-order valence-electron chi connectivity index (χ4n) is 2.38. The predicted molar refractivity (Wildman–Crippen MR) is 92.8 cm³/mol. The van der Waals surface area contributed by atoms with Crippen molar-refractivity contribution in [3.8, 4) is 0 Å². The third kappa shape index (κ3) is 4.24. The highest BCUT2D eigenvalue weighted by Crippen LogP contribution is 2.16. The Morgan fingerprint density at radius 1 is 1.33 bits per heavy atom. The van der Waals surface area contributed by atoms with Crippen LogP contribution in [0.15, 0.2) is 42.9 Å². The zero-order chi connectivity index (χ0) is 19.2. The van der Waals surface area contributed by atoms with Gasteiger partial charge in [0.2, 0.25) is 5.82 Å². The highest BCUT2D eigenvalue weighted by atomic mass is 16.5. The molecule has 0 aliphatic rings. The molecule has 138 valence electrons. The minimum atomic E-state index is -0.544. The van der Waals surface area contributed by atoms with Crippen LogP contribution in [0.25, 0.3) is 5.76 Å². The van der Waals surface area contributed by atoms with Crippen LogP contribution >= 0.6 is 0 Å². The van der Waals surface area contributed by atoms with E-state index < -0.39 is 17.5 Å². The average Bonchev–Trinajstić information content (AvgIpc) is 3.33. The van der Waals surface area contributed by atoms with Crippen LogP contribution in [0.4, 0.5) is 0 Å². The van der Waals surface area contributed by atoms with Crippen molar-refractivity contribution in [3.63, 3.8) is 0 Å². The molecule has 2 N–H and O–H groups in total. The number of H-pyrrole nitrogens is 1. The molecule has 10 nitrogen and oxygen atoms in total. The number of carbonyl (C=O) groups is 2. The number of nitrogens with one attached hydrogen (secondary N) is 1. The molecule has 0 atom stereocenters. The number of allylic oxidation sites excluding steroid dienone is 1. The Balaban J connectivity index is 1.91. The normalized spacial score (nSPS) is 11.4. The summed E-state index contributed by atoms with van der Waals surface area (Å²) in [5.41, 5.74) is 1.34. The van der Waals surface area contributed by atoms with Crippen LogP contribution in [0, 0.1) is 0 Å². The number of aliphatic hydroxyl groups is 1. The maximum Gasteiger partial charge on any atom is 0.354 e. The molecule has 0 radical (unpaired) electrons. The summed E-state index contributed by atoms with van der Waals surface area (Å²) in [6, 6.07) is 5.03. The van der Waals surface area contributed by atoms with Gasteiger partial charge in [0, 0.05) is 36.8 Å². The van der Waals surface area contributed by atoms with Crippen LogP contribution in [0.3, 0.4) is 0 Å². The fourth-order valence-corrected chi connectivity index (χ4v) is 2.38. The molecule has 27 heavy (non-hydrogen) atoms. The van der Waals surface area contributed by atoms with Gasteiger partial charge in [-0.1, -0.05) is 0 Å². The molecule has 0 spiro atoms. The van der Waals surface area contributed by atoms with Gasteiger partial charge in [-0.05, 0) is 35.9 Å². The van der Waals surface area contributed by atoms with Gasteiger partial charge in [0.25, 0.3) is 0 Å². The lowest BCUT2D eigenvalue weighted by molar-refractivity contribution is 0.0514. The zero-order valence-electron chi connectivity index (χ0n) is 14.4. The Bertz CT molecular complexity index is 963. The first kappa shape index (κ1) is 18.0. The number of hydrogen-bond donors (Lipinski definition) is 2. The third-order valence-corrected chi connectivity index (χ3v) is 3.61. The largest absolute Gasteiger partial charge is 0.504 e. The third-order valence-electron chi connectivity index (χ3n) is 3.61. The molecule has 0 aliphatic heterocycles. The summed E-state index contributed by atoms with van der Waals surface area (Å²) < 4.78 is 6.67. The Kier molecular flexibility index (Phi) is 5.36. The number of pyridine rings is 1. The van der Waals surface area contributed by atoms with E-state index in [1.54, 1.807) is 36.0 Å². The van der Waals surface area contributed by atoms with Gasteiger partial charge >= 0.3 is 5.97 Å². The van der Waals surface area contributed by atoms with E-state index in [9.17, 15) is 14.7 Å². The van der Waals surface area contributed by atoms with Crippen molar-refractivity contribution in [2.24, 2.45) is 0 Å². The molecule has 0 unspecified atom stereocenters. The van der Waals surface area contributed by atoms with Crippen molar-refractivity contribution in [3.05, 3.63) is 65.5 Å². The van der Waals surface area contributed by atoms with E-state index in [1.165, 1.54) is 12.3 Å². The predicted octanol–water partition coefficient (Wildman–Crippen LogP) is 1.40. The molecular formula is C17H16N6O4. The molecular weight excluding hydrogens is 352 g/mol.